The zero-order chi connectivity index (χ0) is 22.3. The minimum absolute atomic E-state index is 0.0418. The van der Waals surface area contributed by atoms with Gasteiger partial charge in [-0.15, -0.1) is 0 Å². The van der Waals surface area contributed by atoms with Crippen LogP contribution >= 0.6 is 11.8 Å². The van der Waals surface area contributed by atoms with Gasteiger partial charge in [0, 0.05) is 5.57 Å². The average Bonchev–Trinajstić information content (AvgIpc) is 3.27. The number of hydrazine groups is 1. The number of hydrogen-bond donors (Lipinski definition) is 1. The summed E-state index contributed by atoms with van der Waals surface area (Å²) in [5.74, 6) is 0.200. The third-order valence-corrected chi connectivity index (χ3v) is 6.61. The number of hydrogen-bond acceptors (Lipinski definition) is 3. The fraction of sp³-hybridized carbons (Fsp3) is 0.185. The minimum Gasteiger partial charge on any atom is -0.273 e. The molecule has 0 aliphatic carbocycles. The van der Waals surface area contributed by atoms with Crippen LogP contribution in [0.4, 0.5) is 0 Å². The van der Waals surface area contributed by atoms with Crippen molar-refractivity contribution in [2.24, 2.45) is 10.9 Å². The lowest BCUT2D eigenvalue weighted by Gasteiger charge is -2.26. The molecule has 32 heavy (non-hydrogen) atoms. The van der Waals surface area contributed by atoms with Gasteiger partial charge in [-0.3, -0.25) is 15.2 Å². The number of nitrogens with one attached hydrogen (secondary N) is 1. The van der Waals surface area contributed by atoms with Gasteiger partial charge in [0.2, 0.25) is 0 Å². The first-order valence-electron chi connectivity index (χ1n) is 10.8. The molecule has 1 saturated heterocycles. The van der Waals surface area contributed by atoms with E-state index in [0.717, 1.165) is 21.9 Å². The fourth-order valence-electron chi connectivity index (χ4n) is 3.51. The molecule has 1 fully saturated rings. The van der Waals surface area contributed by atoms with Crippen LogP contribution < -0.4 is 5.43 Å². The zero-order valence-electron chi connectivity index (χ0n) is 18.3. The number of amides is 1. The summed E-state index contributed by atoms with van der Waals surface area (Å²) in [6, 6.07) is 29.9. The molecule has 1 amide bonds. The fourth-order valence-corrected chi connectivity index (χ4v) is 4.56. The summed E-state index contributed by atoms with van der Waals surface area (Å²) in [6.07, 6.45) is 1.96. The number of rotatable bonds is 6. The molecule has 0 bridgehead atoms. The van der Waals surface area contributed by atoms with Crippen molar-refractivity contribution in [3.05, 3.63) is 108 Å². The molecule has 3 aromatic carbocycles. The maximum Gasteiger partial charge on any atom is 0.273 e. The number of aliphatic imine (C=N–C) groups is 1. The van der Waals surface area contributed by atoms with Crippen molar-refractivity contribution in [1.82, 2.24) is 10.4 Å². The van der Waals surface area contributed by atoms with E-state index in [4.69, 9.17) is 4.99 Å². The molecule has 1 heterocycles. The average molecular weight is 442 g/mol. The van der Waals surface area contributed by atoms with E-state index >= 15 is 0 Å². The first kappa shape index (κ1) is 21.9. The van der Waals surface area contributed by atoms with Gasteiger partial charge in [0.05, 0.1) is 6.54 Å². The molecule has 1 N–H and O–H groups in total. The molecule has 4 nitrogen and oxygen atoms in total. The summed E-state index contributed by atoms with van der Waals surface area (Å²) in [7, 11) is 0. The smallest absolute Gasteiger partial charge is 0.273 e. The summed E-state index contributed by atoms with van der Waals surface area (Å²) >= 11 is 1.61. The van der Waals surface area contributed by atoms with E-state index in [1.165, 1.54) is 0 Å². The van der Waals surface area contributed by atoms with Gasteiger partial charge in [0.1, 0.15) is 5.37 Å². The summed E-state index contributed by atoms with van der Waals surface area (Å²) < 4.78 is 0. The van der Waals surface area contributed by atoms with Gasteiger partial charge >= 0.3 is 0 Å². The standard InChI is InChI=1S/C27H27N3OS/c1-20(2)26-30(29-27(32-26)28-19-22-14-8-4-9-15-22)25(31)24(23-16-10-5-11-17-23)18-21-12-6-3-7-13-21/h3-18,20,26H,19H2,1-2H3,(H,28,29)/b24-18+. The molecule has 1 aliphatic rings. The number of thioether (sulfide) groups is 1. The quantitative estimate of drug-likeness (QED) is 0.386. The molecule has 0 aromatic heterocycles. The third-order valence-electron chi connectivity index (χ3n) is 5.17. The summed E-state index contributed by atoms with van der Waals surface area (Å²) in [6.45, 7) is 4.83. The van der Waals surface area contributed by atoms with E-state index in [2.05, 4.69) is 31.4 Å². The van der Waals surface area contributed by atoms with E-state index < -0.39 is 0 Å². The van der Waals surface area contributed by atoms with Crippen molar-refractivity contribution in [1.29, 1.82) is 0 Å². The monoisotopic (exact) mass is 441 g/mol. The van der Waals surface area contributed by atoms with Crippen molar-refractivity contribution < 1.29 is 4.79 Å². The van der Waals surface area contributed by atoms with Crippen LogP contribution in [0, 0.1) is 5.92 Å². The summed E-state index contributed by atoms with van der Waals surface area (Å²) in [5, 5.41) is 2.47. The van der Waals surface area contributed by atoms with Crippen LogP contribution in [0.25, 0.3) is 11.6 Å². The highest BCUT2D eigenvalue weighted by Crippen LogP contribution is 2.32. The second kappa shape index (κ2) is 10.3. The van der Waals surface area contributed by atoms with E-state index in [1.807, 2.05) is 84.9 Å². The first-order valence-corrected chi connectivity index (χ1v) is 11.7. The Morgan fingerprint density at radius 2 is 1.56 bits per heavy atom. The predicted molar refractivity (Wildman–Crippen MR) is 135 cm³/mol. The Morgan fingerprint density at radius 3 is 2.19 bits per heavy atom. The second-order valence-corrected chi connectivity index (χ2v) is 9.09. The van der Waals surface area contributed by atoms with Gasteiger partial charge in [-0.25, -0.2) is 5.01 Å². The molecule has 1 unspecified atom stereocenters. The van der Waals surface area contributed by atoms with Crippen LogP contribution in [0.1, 0.15) is 30.5 Å². The summed E-state index contributed by atoms with van der Waals surface area (Å²) in [4.78, 5) is 18.5. The van der Waals surface area contributed by atoms with E-state index in [0.29, 0.717) is 12.1 Å². The van der Waals surface area contributed by atoms with Gasteiger partial charge < -0.3 is 0 Å². The number of carbonyl (C=O) groups is 1. The van der Waals surface area contributed by atoms with Gasteiger partial charge in [-0.05, 0) is 28.7 Å². The molecule has 1 aliphatic heterocycles. The Labute approximate surface area is 194 Å². The highest BCUT2D eigenvalue weighted by Gasteiger charge is 2.37. The van der Waals surface area contributed by atoms with Gasteiger partial charge in [-0.1, -0.05) is 117 Å². The Morgan fingerprint density at radius 1 is 0.969 bits per heavy atom. The molecule has 0 radical (unpaired) electrons. The Kier molecular flexibility index (Phi) is 7.07. The van der Waals surface area contributed by atoms with E-state index in [9.17, 15) is 4.79 Å². The SMILES string of the molecule is CC(C)C1SC(=NCc2ccccc2)NN1C(=O)/C(=C/c1ccccc1)c1ccccc1. The maximum atomic E-state index is 13.8. The normalized spacial score (nSPS) is 17.6. The van der Waals surface area contributed by atoms with Crippen LogP contribution in [0.2, 0.25) is 0 Å². The zero-order valence-corrected chi connectivity index (χ0v) is 19.1. The molecule has 0 saturated carbocycles. The number of amidine groups is 1. The highest BCUT2D eigenvalue weighted by molar-refractivity contribution is 8.14. The Balaban J connectivity index is 1.63. The molecule has 5 heteroatoms. The van der Waals surface area contributed by atoms with Gasteiger partial charge in [-0.2, -0.15) is 0 Å². The lowest BCUT2D eigenvalue weighted by atomic mass is 10.0. The maximum absolute atomic E-state index is 13.8. The number of nitrogens with zero attached hydrogens (tertiary/aromatic N) is 2. The van der Waals surface area contributed by atoms with E-state index in [-0.39, 0.29) is 17.2 Å². The van der Waals surface area contributed by atoms with Crippen molar-refractivity contribution in [3.8, 4) is 0 Å². The van der Waals surface area contributed by atoms with Crippen LogP contribution in [0.5, 0.6) is 0 Å². The third kappa shape index (κ3) is 5.29. The molecular weight excluding hydrogens is 414 g/mol. The van der Waals surface area contributed by atoms with Crippen molar-refractivity contribution in [3.63, 3.8) is 0 Å². The molecule has 1 atom stereocenters. The second-order valence-electron chi connectivity index (χ2n) is 7.98. The van der Waals surface area contributed by atoms with Crippen molar-refractivity contribution in [2.75, 3.05) is 0 Å². The molecule has 162 valence electrons. The predicted octanol–water partition coefficient (Wildman–Crippen LogP) is 5.85. The van der Waals surface area contributed by atoms with Gasteiger partial charge in [0.15, 0.2) is 5.17 Å². The number of carbonyl (C=O) groups excluding carboxylic acids is 1. The molecule has 3 aromatic rings. The van der Waals surface area contributed by atoms with Gasteiger partial charge in [0.25, 0.3) is 5.91 Å². The van der Waals surface area contributed by atoms with Crippen LogP contribution in [-0.4, -0.2) is 21.5 Å². The minimum atomic E-state index is -0.0591. The largest absolute Gasteiger partial charge is 0.273 e. The first-order chi connectivity index (χ1) is 15.6. The van der Waals surface area contributed by atoms with E-state index in [1.54, 1.807) is 16.8 Å². The highest BCUT2D eigenvalue weighted by atomic mass is 32.2. The van der Waals surface area contributed by atoms with Crippen LogP contribution in [0.3, 0.4) is 0 Å². The van der Waals surface area contributed by atoms with Crippen LogP contribution in [-0.2, 0) is 11.3 Å². The van der Waals surface area contributed by atoms with Crippen molar-refractivity contribution >= 4 is 34.5 Å². The topological polar surface area (TPSA) is 44.7 Å². The number of benzene rings is 3. The van der Waals surface area contributed by atoms with Crippen molar-refractivity contribution in [2.45, 2.75) is 25.8 Å². The lowest BCUT2D eigenvalue weighted by Crippen LogP contribution is -2.45. The molecular formula is C27H27N3OS. The molecule has 4 rings (SSSR count). The lowest BCUT2D eigenvalue weighted by molar-refractivity contribution is -0.127. The molecule has 0 spiro atoms. The Bertz CT molecular complexity index is 1100. The van der Waals surface area contributed by atoms with Crippen LogP contribution in [0.15, 0.2) is 96.0 Å². The Hall–Kier alpha value is -3.31. The summed E-state index contributed by atoms with van der Waals surface area (Å²) in [5.41, 5.74) is 6.96.